The van der Waals surface area contributed by atoms with E-state index in [4.69, 9.17) is 17.3 Å². The normalized spacial score (nSPS) is 16.3. The van der Waals surface area contributed by atoms with E-state index in [0.717, 1.165) is 16.5 Å². The van der Waals surface area contributed by atoms with Crippen molar-refractivity contribution in [3.05, 3.63) is 89.3 Å². The van der Waals surface area contributed by atoms with Crippen molar-refractivity contribution >= 4 is 34.4 Å². The van der Waals surface area contributed by atoms with Gasteiger partial charge in [-0.15, -0.1) is 0 Å². The van der Waals surface area contributed by atoms with Crippen LogP contribution in [-0.2, 0) is 11.2 Å². The highest BCUT2D eigenvalue weighted by Crippen LogP contribution is 2.36. The second kappa shape index (κ2) is 9.54. The van der Waals surface area contributed by atoms with Crippen LogP contribution in [0.1, 0.15) is 30.0 Å². The number of hydrogen-bond acceptors (Lipinski definition) is 5. The van der Waals surface area contributed by atoms with E-state index in [0.29, 0.717) is 48.8 Å². The number of anilines is 1. The maximum atomic E-state index is 14.3. The minimum absolute atomic E-state index is 0.133. The molecule has 34 heavy (non-hydrogen) atoms. The van der Waals surface area contributed by atoms with Gasteiger partial charge in [0.15, 0.2) is 0 Å². The van der Waals surface area contributed by atoms with E-state index in [1.54, 1.807) is 4.90 Å². The van der Waals surface area contributed by atoms with Gasteiger partial charge in [-0.25, -0.2) is 9.97 Å². The molecule has 1 fully saturated rings. The van der Waals surface area contributed by atoms with Crippen LogP contribution in [0.3, 0.4) is 0 Å². The molecular formula is C26H27ClN6O. The minimum Gasteiger partial charge on any atom is -0.346 e. The van der Waals surface area contributed by atoms with Crippen molar-refractivity contribution in [3.63, 3.8) is 0 Å². The third-order valence-electron chi connectivity index (χ3n) is 6.54. The van der Waals surface area contributed by atoms with Crippen LogP contribution < -0.4 is 16.0 Å². The Morgan fingerprint density at radius 2 is 1.79 bits per heavy atom. The fraction of sp³-hybridized carbons (Fsp3) is 0.269. The van der Waals surface area contributed by atoms with Crippen LogP contribution in [0, 0.1) is 0 Å². The standard InChI is InChI=1S/C26H27ClN6O/c27-20-8-6-19(7-9-20)22(16-18-4-2-1-3-5-18)33(25(34)26(28)11-14-29-15-12-26)24-21-10-13-30-23(21)31-17-32-24/h1-10,13,17,22,29H,11-12,14-16,28H2,(H,30,31,32). The van der Waals surface area contributed by atoms with E-state index in [2.05, 4.69) is 32.4 Å². The molecule has 2 aromatic heterocycles. The quantitative estimate of drug-likeness (QED) is 0.392. The summed E-state index contributed by atoms with van der Waals surface area (Å²) in [6.07, 6.45) is 5.01. The number of halogens is 1. The Hall–Kier alpha value is -3.26. The Bertz CT molecular complexity index is 1270. The molecule has 0 radical (unpaired) electrons. The number of nitrogens with zero attached hydrogens (tertiary/aromatic N) is 3. The molecule has 1 unspecified atom stereocenters. The summed E-state index contributed by atoms with van der Waals surface area (Å²) in [4.78, 5) is 28.2. The third-order valence-corrected chi connectivity index (χ3v) is 6.79. The number of aromatic nitrogens is 3. The molecule has 2 aromatic carbocycles. The number of benzene rings is 2. The van der Waals surface area contributed by atoms with Gasteiger partial charge in [0.2, 0.25) is 5.91 Å². The van der Waals surface area contributed by atoms with Crippen LogP contribution in [0.15, 0.2) is 73.2 Å². The molecule has 1 saturated heterocycles. The van der Waals surface area contributed by atoms with Gasteiger partial charge in [0.1, 0.15) is 17.8 Å². The first-order valence-corrected chi connectivity index (χ1v) is 11.8. The molecule has 0 bridgehead atoms. The predicted octanol–water partition coefficient (Wildman–Crippen LogP) is 4.01. The number of hydrogen-bond donors (Lipinski definition) is 3. The van der Waals surface area contributed by atoms with Gasteiger partial charge in [-0.2, -0.15) is 0 Å². The van der Waals surface area contributed by atoms with Crippen LogP contribution in [-0.4, -0.2) is 39.5 Å². The van der Waals surface area contributed by atoms with Crippen molar-refractivity contribution < 1.29 is 4.79 Å². The van der Waals surface area contributed by atoms with Gasteiger partial charge >= 0.3 is 0 Å². The maximum absolute atomic E-state index is 14.3. The summed E-state index contributed by atoms with van der Waals surface area (Å²) in [5.74, 6) is 0.418. The van der Waals surface area contributed by atoms with E-state index in [1.807, 2.05) is 54.7 Å². The summed E-state index contributed by atoms with van der Waals surface area (Å²) in [7, 11) is 0. The lowest BCUT2D eigenvalue weighted by Gasteiger charge is -2.40. The Balaban J connectivity index is 1.68. The van der Waals surface area contributed by atoms with Crippen LogP contribution in [0.4, 0.5) is 5.82 Å². The van der Waals surface area contributed by atoms with E-state index in [1.165, 1.54) is 6.33 Å². The fourth-order valence-corrected chi connectivity index (χ4v) is 4.77. The van der Waals surface area contributed by atoms with E-state index in [9.17, 15) is 4.79 Å². The van der Waals surface area contributed by atoms with Gasteiger partial charge in [-0.3, -0.25) is 9.69 Å². The number of aromatic amines is 1. The lowest BCUT2D eigenvalue weighted by Crippen LogP contribution is -2.61. The molecule has 0 aliphatic carbocycles. The average Bonchev–Trinajstić information content (AvgIpc) is 3.35. The first-order valence-electron chi connectivity index (χ1n) is 11.5. The molecule has 0 saturated carbocycles. The zero-order chi connectivity index (χ0) is 23.5. The van der Waals surface area contributed by atoms with Gasteiger partial charge < -0.3 is 16.0 Å². The van der Waals surface area contributed by atoms with Crippen LogP contribution >= 0.6 is 11.6 Å². The SMILES string of the molecule is NC1(C(=O)N(c2ncnc3[nH]ccc23)C(Cc2ccccc2)c2ccc(Cl)cc2)CCNCC1. The molecule has 0 spiro atoms. The summed E-state index contributed by atoms with van der Waals surface area (Å²) >= 11 is 6.21. The topological polar surface area (TPSA) is 99.9 Å². The van der Waals surface area contributed by atoms with Crippen LogP contribution in [0.2, 0.25) is 5.02 Å². The van der Waals surface area contributed by atoms with Crippen molar-refractivity contribution in [1.29, 1.82) is 0 Å². The van der Waals surface area contributed by atoms with E-state index in [-0.39, 0.29) is 11.9 Å². The Kier molecular flexibility index (Phi) is 6.32. The molecule has 8 heteroatoms. The van der Waals surface area contributed by atoms with Crippen molar-refractivity contribution in [1.82, 2.24) is 20.3 Å². The van der Waals surface area contributed by atoms with Crippen molar-refractivity contribution in [2.24, 2.45) is 5.73 Å². The van der Waals surface area contributed by atoms with Gasteiger partial charge in [0.05, 0.1) is 17.0 Å². The summed E-state index contributed by atoms with van der Waals surface area (Å²) < 4.78 is 0. The molecule has 4 N–H and O–H groups in total. The van der Waals surface area contributed by atoms with Crippen LogP contribution in [0.5, 0.6) is 0 Å². The van der Waals surface area contributed by atoms with Crippen molar-refractivity contribution in [2.75, 3.05) is 18.0 Å². The van der Waals surface area contributed by atoms with E-state index >= 15 is 0 Å². The Morgan fingerprint density at radius 3 is 2.53 bits per heavy atom. The highest BCUT2D eigenvalue weighted by molar-refractivity contribution is 6.30. The van der Waals surface area contributed by atoms with E-state index < -0.39 is 5.54 Å². The zero-order valence-electron chi connectivity index (χ0n) is 18.7. The molecule has 1 atom stereocenters. The van der Waals surface area contributed by atoms with Gasteiger partial charge in [0.25, 0.3) is 0 Å². The molecule has 7 nitrogen and oxygen atoms in total. The number of amides is 1. The second-order valence-corrected chi connectivity index (χ2v) is 9.21. The molecule has 1 aliphatic heterocycles. The third kappa shape index (κ3) is 4.42. The average molecular weight is 475 g/mol. The van der Waals surface area contributed by atoms with Crippen LogP contribution in [0.25, 0.3) is 11.0 Å². The lowest BCUT2D eigenvalue weighted by atomic mass is 9.86. The number of carbonyl (C=O) groups excluding carboxylic acids is 1. The minimum atomic E-state index is -0.986. The Morgan fingerprint density at radius 1 is 1.06 bits per heavy atom. The van der Waals surface area contributed by atoms with Crippen molar-refractivity contribution in [3.8, 4) is 0 Å². The number of fused-ring (bicyclic) bond motifs is 1. The smallest absolute Gasteiger partial charge is 0.248 e. The monoisotopic (exact) mass is 474 g/mol. The lowest BCUT2D eigenvalue weighted by molar-refractivity contribution is -0.125. The summed E-state index contributed by atoms with van der Waals surface area (Å²) in [5.41, 5.74) is 8.55. The fourth-order valence-electron chi connectivity index (χ4n) is 4.64. The molecule has 174 valence electrons. The number of rotatable bonds is 6. The number of carbonyl (C=O) groups is 1. The number of nitrogens with two attached hydrogens (primary N) is 1. The van der Waals surface area contributed by atoms with Gasteiger partial charge in [-0.05, 0) is 61.7 Å². The molecule has 3 heterocycles. The summed E-state index contributed by atoms with van der Waals surface area (Å²) in [6, 6.07) is 19.3. The first kappa shape index (κ1) is 22.5. The maximum Gasteiger partial charge on any atom is 0.248 e. The predicted molar refractivity (Wildman–Crippen MR) is 135 cm³/mol. The second-order valence-electron chi connectivity index (χ2n) is 8.78. The molecule has 1 aliphatic rings. The number of piperidine rings is 1. The molecule has 4 aromatic rings. The zero-order valence-corrected chi connectivity index (χ0v) is 19.5. The first-order chi connectivity index (χ1) is 16.5. The highest BCUT2D eigenvalue weighted by atomic mass is 35.5. The number of nitrogens with one attached hydrogen (secondary N) is 2. The summed E-state index contributed by atoms with van der Waals surface area (Å²) in [5, 5.41) is 4.73. The Labute approximate surface area is 203 Å². The molecule has 1 amide bonds. The molecular weight excluding hydrogens is 448 g/mol. The van der Waals surface area contributed by atoms with Gasteiger partial charge in [0, 0.05) is 11.2 Å². The highest BCUT2D eigenvalue weighted by Gasteiger charge is 2.42. The summed E-state index contributed by atoms with van der Waals surface area (Å²) in [6.45, 7) is 1.40. The molecule has 5 rings (SSSR count). The van der Waals surface area contributed by atoms with Gasteiger partial charge in [-0.1, -0.05) is 54.1 Å². The number of H-pyrrole nitrogens is 1. The largest absolute Gasteiger partial charge is 0.346 e. The van der Waals surface area contributed by atoms with Crippen molar-refractivity contribution in [2.45, 2.75) is 30.8 Å².